The minimum absolute atomic E-state index is 1.05. The third kappa shape index (κ3) is 1.23. The normalized spacial score (nSPS) is 22.5. The van der Waals surface area contributed by atoms with Crippen LogP contribution in [0.15, 0.2) is 34.4 Å². The van der Waals surface area contributed by atoms with Gasteiger partial charge in [-0.1, -0.05) is 18.2 Å². The first-order valence-electron chi connectivity index (χ1n) is 3.91. The fraction of sp³-hybridized carbons (Fsp3) is 0.333. The van der Waals surface area contributed by atoms with Crippen molar-refractivity contribution in [3.8, 4) is 0 Å². The molecular formula is C9H11NS. The van der Waals surface area contributed by atoms with Gasteiger partial charge in [0, 0.05) is 11.4 Å². The van der Waals surface area contributed by atoms with E-state index >= 15 is 0 Å². The molecule has 1 aliphatic heterocycles. The third-order valence-electron chi connectivity index (χ3n) is 2.03. The summed E-state index contributed by atoms with van der Waals surface area (Å²) in [5.74, 6) is 0. The molecule has 1 heterocycles. The van der Waals surface area contributed by atoms with Crippen LogP contribution in [0.4, 0.5) is 0 Å². The molecule has 1 nitrogen and oxygen atoms in total. The lowest BCUT2D eigenvalue weighted by Crippen LogP contribution is -2.22. The van der Waals surface area contributed by atoms with Crippen molar-refractivity contribution in [1.29, 1.82) is 0 Å². The Bertz CT molecular complexity index is 261. The molecule has 0 bridgehead atoms. The first kappa shape index (κ1) is 7.04. The zero-order valence-corrected chi connectivity index (χ0v) is 7.20. The van der Waals surface area contributed by atoms with E-state index in [4.69, 9.17) is 0 Å². The van der Waals surface area contributed by atoms with Crippen LogP contribution in [0.25, 0.3) is 0 Å². The predicted octanol–water partition coefficient (Wildman–Crippen LogP) is 2.01. The van der Waals surface area contributed by atoms with Gasteiger partial charge in [0.2, 0.25) is 0 Å². The second kappa shape index (κ2) is 2.78. The van der Waals surface area contributed by atoms with E-state index in [0.717, 1.165) is 24.3 Å². The minimum Gasteiger partial charge on any atom is -0.384 e. The molecule has 11 heavy (non-hydrogen) atoms. The number of nitrogens with one attached hydrogen (secondary N) is 1. The van der Waals surface area contributed by atoms with E-state index in [1.807, 2.05) is 0 Å². The topological polar surface area (TPSA) is 12.0 Å². The van der Waals surface area contributed by atoms with E-state index in [1.54, 1.807) is 0 Å². The van der Waals surface area contributed by atoms with Crippen LogP contribution < -0.4 is 5.32 Å². The van der Waals surface area contributed by atoms with Crippen molar-refractivity contribution in [1.82, 2.24) is 5.32 Å². The molecule has 0 fully saturated rings. The number of rotatable bonds is 0. The molecule has 0 radical (unpaired) electrons. The Morgan fingerprint density at radius 3 is 3.18 bits per heavy atom. The summed E-state index contributed by atoms with van der Waals surface area (Å²) in [4.78, 5) is 1.07. The van der Waals surface area contributed by atoms with Gasteiger partial charge in [-0.2, -0.15) is 0 Å². The number of fused-ring (bicyclic) bond motifs is 1. The van der Waals surface area contributed by atoms with Gasteiger partial charge in [-0.15, -0.1) is 12.6 Å². The number of allylic oxidation sites excluding steroid dienone is 3. The van der Waals surface area contributed by atoms with Gasteiger partial charge in [0.1, 0.15) is 0 Å². The highest BCUT2D eigenvalue weighted by Gasteiger charge is 2.13. The molecule has 0 unspecified atom stereocenters. The van der Waals surface area contributed by atoms with Crippen LogP contribution in [-0.4, -0.2) is 6.54 Å². The molecule has 0 aromatic carbocycles. The fourth-order valence-corrected chi connectivity index (χ4v) is 1.81. The number of hydrogen-bond acceptors (Lipinski definition) is 2. The van der Waals surface area contributed by atoms with Crippen LogP contribution in [-0.2, 0) is 0 Å². The molecule has 2 rings (SSSR count). The van der Waals surface area contributed by atoms with E-state index < -0.39 is 0 Å². The van der Waals surface area contributed by atoms with Crippen LogP contribution in [0.5, 0.6) is 0 Å². The van der Waals surface area contributed by atoms with Crippen molar-refractivity contribution in [3.05, 3.63) is 34.4 Å². The molecule has 0 atom stereocenters. The van der Waals surface area contributed by atoms with Crippen molar-refractivity contribution >= 4 is 12.6 Å². The molecule has 0 aromatic heterocycles. The largest absolute Gasteiger partial charge is 0.384 e. The number of hydrogen-bond donors (Lipinski definition) is 2. The Hall–Kier alpha value is -0.630. The summed E-state index contributed by atoms with van der Waals surface area (Å²) in [6.07, 6.45) is 8.73. The summed E-state index contributed by atoms with van der Waals surface area (Å²) < 4.78 is 0. The van der Waals surface area contributed by atoms with E-state index in [0.29, 0.717) is 0 Å². The zero-order valence-electron chi connectivity index (χ0n) is 6.30. The highest BCUT2D eigenvalue weighted by Crippen LogP contribution is 2.26. The van der Waals surface area contributed by atoms with Crippen LogP contribution in [0.3, 0.4) is 0 Å². The smallest absolute Gasteiger partial charge is 0.0508 e. The first-order valence-corrected chi connectivity index (χ1v) is 4.36. The molecule has 2 aliphatic rings. The van der Waals surface area contributed by atoms with Crippen LogP contribution >= 0.6 is 12.6 Å². The van der Waals surface area contributed by atoms with Gasteiger partial charge in [0.15, 0.2) is 0 Å². The summed E-state index contributed by atoms with van der Waals surface area (Å²) in [5.41, 5.74) is 2.64. The summed E-state index contributed by atoms with van der Waals surface area (Å²) >= 11 is 4.37. The van der Waals surface area contributed by atoms with Crippen LogP contribution in [0.2, 0.25) is 0 Å². The number of thiol groups is 1. The van der Waals surface area contributed by atoms with Crippen molar-refractivity contribution in [3.63, 3.8) is 0 Å². The quantitative estimate of drug-likeness (QED) is 0.523. The van der Waals surface area contributed by atoms with Crippen molar-refractivity contribution < 1.29 is 0 Å². The lowest BCUT2D eigenvalue weighted by molar-refractivity contribution is 0.762. The highest BCUT2D eigenvalue weighted by molar-refractivity contribution is 7.84. The van der Waals surface area contributed by atoms with E-state index in [2.05, 4.69) is 36.2 Å². The van der Waals surface area contributed by atoms with E-state index in [-0.39, 0.29) is 0 Å². The van der Waals surface area contributed by atoms with Crippen molar-refractivity contribution in [2.24, 2.45) is 0 Å². The third-order valence-corrected chi connectivity index (χ3v) is 2.40. The maximum absolute atomic E-state index is 4.37. The zero-order chi connectivity index (χ0) is 7.68. The summed E-state index contributed by atoms with van der Waals surface area (Å²) in [7, 11) is 0. The molecule has 0 spiro atoms. The molecule has 1 N–H and O–H groups in total. The van der Waals surface area contributed by atoms with E-state index in [9.17, 15) is 0 Å². The predicted molar refractivity (Wildman–Crippen MR) is 50.5 cm³/mol. The van der Waals surface area contributed by atoms with Gasteiger partial charge in [-0.3, -0.25) is 0 Å². The van der Waals surface area contributed by atoms with Crippen LogP contribution in [0.1, 0.15) is 12.8 Å². The lowest BCUT2D eigenvalue weighted by atomic mass is 10.00. The standard InChI is InChI=1S/C9H11NS/c11-8-5-1-3-7-4-2-6-10-9(7)8/h1,4-5,10-11H,2-3,6H2. The van der Waals surface area contributed by atoms with Crippen molar-refractivity contribution in [2.75, 3.05) is 6.54 Å². The Morgan fingerprint density at radius 1 is 1.45 bits per heavy atom. The van der Waals surface area contributed by atoms with Gasteiger partial charge in [-0.05, 0) is 18.4 Å². The molecule has 2 heteroatoms. The minimum atomic E-state index is 1.05. The second-order valence-corrected chi connectivity index (χ2v) is 3.29. The Balaban J connectivity index is 2.41. The average molecular weight is 165 g/mol. The maximum Gasteiger partial charge on any atom is 0.0508 e. The molecule has 0 saturated carbocycles. The van der Waals surface area contributed by atoms with Crippen LogP contribution in [0, 0.1) is 0 Å². The summed E-state index contributed by atoms with van der Waals surface area (Å²) in [6, 6.07) is 0. The first-order chi connectivity index (χ1) is 5.38. The molecule has 0 saturated heterocycles. The Kier molecular flexibility index (Phi) is 1.78. The average Bonchev–Trinajstić information content (AvgIpc) is 2.06. The van der Waals surface area contributed by atoms with Gasteiger partial charge in [-0.25, -0.2) is 0 Å². The molecule has 0 aromatic rings. The highest BCUT2D eigenvalue weighted by atomic mass is 32.1. The molecule has 58 valence electrons. The fourth-order valence-electron chi connectivity index (χ4n) is 1.48. The van der Waals surface area contributed by atoms with Gasteiger partial charge in [0.25, 0.3) is 0 Å². The van der Waals surface area contributed by atoms with Gasteiger partial charge < -0.3 is 5.32 Å². The summed E-state index contributed by atoms with van der Waals surface area (Å²) in [5, 5.41) is 3.35. The van der Waals surface area contributed by atoms with E-state index in [1.165, 1.54) is 11.3 Å². The van der Waals surface area contributed by atoms with Gasteiger partial charge >= 0.3 is 0 Å². The Labute approximate surface area is 72.3 Å². The lowest BCUT2D eigenvalue weighted by Gasteiger charge is -2.22. The SMILES string of the molecule is SC1=C2NCCC=C2CC=C1. The maximum atomic E-state index is 4.37. The molecular weight excluding hydrogens is 154 g/mol. The summed E-state index contributed by atoms with van der Waals surface area (Å²) in [6.45, 7) is 1.05. The Morgan fingerprint density at radius 2 is 2.36 bits per heavy atom. The van der Waals surface area contributed by atoms with Gasteiger partial charge in [0.05, 0.1) is 5.70 Å². The second-order valence-electron chi connectivity index (χ2n) is 2.81. The monoisotopic (exact) mass is 165 g/mol. The van der Waals surface area contributed by atoms with Crippen molar-refractivity contribution in [2.45, 2.75) is 12.8 Å². The molecule has 1 aliphatic carbocycles. The molecule has 0 amide bonds.